The zero-order valence-corrected chi connectivity index (χ0v) is 20.8. The van der Waals surface area contributed by atoms with Crippen molar-refractivity contribution in [3.63, 3.8) is 0 Å². The van der Waals surface area contributed by atoms with E-state index >= 15 is 0 Å². The van der Waals surface area contributed by atoms with Crippen LogP contribution in [0.15, 0.2) is 47.7 Å². The molecule has 0 atom stereocenters. The lowest BCUT2D eigenvalue weighted by Crippen LogP contribution is -2.53. The van der Waals surface area contributed by atoms with Gasteiger partial charge in [0.1, 0.15) is 12.2 Å². The summed E-state index contributed by atoms with van der Waals surface area (Å²) in [4.78, 5) is 9.41. The molecular weight excluding hydrogens is 513 g/mol. The maximum Gasteiger partial charge on any atom is 0.194 e. The average molecular weight is 544 g/mol. The minimum atomic E-state index is 0. The topological polar surface area (TPSA) is 61.6 Å². The Morgan fingerprint density at radius 1 is 1.23 bits per heavy atom. The lowest BCUT2D eigenvalue weighted by Gasteiger charge is -2.38. The molecule has 3 rings (SSSR count). The molecule has 1 aliphatic rings. The zero-order chi connectivity index (χ0) is 20.6. The maximum atomic E-state index is 6.37. The molecule has 1 N–H and O–H groups in total. The largest absolute Gasteiger partial charge is 0.367 e. The van der Waals surface area contributed by atoms with Crippen LogP contribution in [0.25, 0.3) is 0 Å². The van der Waals surface area contributed by atoms with Crippen LogP contribution in [-0.4, -0.2) is 64.9 Å². The molecule has 0 spiro atoms. The van der Waals surface area contributed by atoms with Crippen LogP contribution in [0.5, 0.6) is 0 Å². The Kier molecular flexibility index (Phi) is 9.90. The van der Waals surface area contributed by atoms with Crippen molar-refractivity contribution in [1.29, 1.82) is 0 Å². The van der Waals surface area contributed by atoms with Crippen molar-refractivity contribution in [2.45, 2.75) is 26.8 Å². The first kappa shape index (κ1) is 24.5. The van der Waals surface area contributed by atoms with Crippen molar-refractivity contribution < 1.29 is 0 Å². The van der Waals surface area contributed by atoms with E-state index in [0.717, 1.165) is 73.8 Å². The van der Waals surface area contributed by atoms with E-state index in [2.05, 4.69) is 49.5 Å². The number of anilines is 1. The standard InChI is InChI=1S/C21H30ClN7.HI/c1-4-20-26-25-16-29(20)10-9-23-21(24-15-17(2)3)28-13-11-27(12-14-28)19-8-6-5-7-18(19)22;/h5-8,16H,2,4,9-15H2,1,3H3,(H,23,24);1H. The number of para-hydroxylation sites is 1. The monoisotopic (exact) mass is 543 g/mol. The predicted octanol–water partition coefficient (Wildman–Crippen LogP) is 3.46. The lowest BCUT2D eigenvalue weighted by molar-refractivity contribution is 0.371. The Hall–Kier alpha value is -1.81. The highest BCUT2D eigenvalue weighted by molar-refractivity contribution is 14.0. The van der Waals surface area contributed by atoms with Crippen LogP contribution in [0.3, 0.4) is 0 Å². The van der Waals surface area contributed by atoms with Gasteiger partial charge in [-0.2, -0.15) is 0 Å². The van der Waals surface area contributed by atoms with Gasteiger partial charge in [-0.25, -0.2) is 4.99 Å². The highest BCUT2D eigenvalue weighted by atomic mass is 127. The van der Waals surface area contributed by atoms with Gasteiger partial charge in [-0.1, -0.05) is 42.8 Å². The summed E-state index contributed by atoms with van der Waals surface area (Å²) >= 11 is 6.37. The van der Waals surface area contributed by atoms with Crippen molar-refractivity contribution in [1.82, 2.24) is 25.0 Å². The van der Waals surface area contributed by atoms with Gasteiger partial charge in [0.05, 0.1) is 17.3 Å². The van der Waals surface area contributed by atoms with Crippen molar-refractivity contribution in [2.24, 2.45) is 4.99 Å². The molecule has 0 radical (unpaired) electrons. The van der Waals surface area contributed by atoms with Crippen LogP contribution in [0.2, 0.25) is 5.02 Å². The number of aromatic nitrogens is 3. The lowest BCUT2D eigenvalue weighted by atomic mass is 10.2. The molecule has 2 aromatic rings. The summed E-state index contributed by atoms with van der Waals surface area (Å²) in [7, 11) is 0. The Morgan fingerprint density at radius 3 is 2.63 bits per heavy atom. The van der Waals surface area contributed by atoms with Gasteiger partial charge in [-0.3, -0.25) is 0 Å². The number of rotatable bonds is 7. The Labute approximate surface area is 201 Å². The van der Waals surface area contributed by atoms with Gasteiger partial charge in [-0.15, -0.1) is 34.2 Å². The molecule has 0 amide bonds. The molecule has 2 heterocycles. The van der Waals surface area contributed by atoms with E-state index < -0.39 is 0 Å². The summed E-state index contributed by atoms with van der Waals surface area (Å²) < 4.78 is 2.08. The van der Waals surface area contributed by atoms with Crippen LogP contribution in [0.1, 0.15) is 19.7 Å². The summed E-state index contributed by atoms with van der Waals surface area (Å²) in [6.45, 7) is 13.9. The minimum Gasteiger partial charge on any atom is -0.367 e. The van der Waals surface area contributed by atoms with Crippen molar-refractivity contribution >= 4 is 47.2 Å². The third kappa shape index (κ3) is 6.60. The number of hydrogen-bond acceptors (Lipinski definition) is 4. The first-order valence-corrected chi connectivity index (χ1v) is 10.5. The van der Waals surface area contributed by atoms with Crippen LogP contribution < -0.4 is 10.2 Å². The van der Waals surface area contributed by atoms with Gasteiger partial charge in [0, 0.05) is 45.7 Å². The SMILES string of the molecule is C=C(C)CN=C(NCCn1cnnc1CC)N1CCN(c2ccccc2Cl)CC1.I. The summed E-state index contributed by atoms with van der Waals surface area (Å²) in [6, 6.07) is 8.02. The summed E-state index contributed by atoms with van der Waals surface area (Å²) in [5.41, 5.74) is 2.15. The van der Waals surface area contributed by atoms with Crippen molar-refractivity contribution in [3.05, 3.63) is 53.6 Å². The second-order valence-corrected chi connectivity index (χ2v) is 7.65. The fourth-order valence-corrected chi connectivity index (χ4v) is 3.63. The van der Waals surface area contributed by atoms with Gasteiger partial charge in [-0.05, 0) is 19.1 Å². The Balaban J connectivity index is 0.00000320. The highest BCUT2D eigenvalue weighted by Gasteiger charge is 2.21. The Morgan fingerprint density at radius 2 is 1.97 bits per heavy atom. The van der Waals surface area contributed by atoms with Crippen LogP contribution in [-0.2, 0) is 13.0 Å². The first-order valence-electron chi connectivity index (χ1n) is 10.1. The number of benzene rings is 1. The van der Waals surface area contributed by atoms with Crippen LogP contribution in [0, 0.1) is 0 Å². The van der Waals surface area contributed by atoms with E-state index in [9.17, 15) is 0 Å². The van der Waals surface area contributed by atoms with E-state index in [-0.39, 0.29) is 24.0 Å². The van der Waals surface area contributed by atoms with Crippen molar-refractivity contribution in [2.75, 3.05) is 44.2 Å². The Bertz CT molecular complexity index is 843. The number of guanidine groups is 1. The van der Waals surface area contributed by atoms with E-state index in [0.29, 0.717) is 6.54 Å². The van der Waals surface area contributed by atoms with Gasteiger partial charge < -0.3 is 19.7 Å². The molecule has 9 heteroatoms. The summed E-state index contributed by atoms with van der Waals surface area (Å²) in [5.74, 6) is 1.93. The van der Waals surface area contributed by atoms with E-state index in [1.165, 1.54) is 0 Å². The van der Waals surface area contributed by atoms with Crippen molar-refractivity contribution in [3.8, 4) is 0 Å². The van der Waals surface area contributed by atoms with E-state index in [4.69, 9.17) is 16.6 Å². The minimum absolute atomic E-state index is 0. The summed E-state index contributed by atoms with van der Waals surface area (Å²) in [5, 5.41) is 12.5. The number of halogens is 2. The molecule has 0 bridgehead atoms. The van der Waals surface area contributed by atoms with Gasteiger partial charge >= 0.3 is 0 Å². The zero-order valence-electron chi connectivity index (χ0n) is 17.7. The fraction of sp³-hybridized carbons (Fsp3) is 0.476. The number of aliphatic imine (C=N–C) groups is 1. The number of hydrogen-bond donors (Lipinski definition) is 1. The predicted molar refractivity (Wildman–Crippen MR) is 135 cm³/mol. The van der Waals surface area contributed by atoms with E-state index in [1.807, 2.05) is 25.1 Å². The summed E-state index contributed by atoms with van der Waals surface area (Å²) in [6.07, 6.45) is 2.66. The molecule has 30 heavy (non-hydrogen) atoms. The normalized spacial score (nSPS) is 14.4. The molecular formula is C21H31ClIN7. The number of piperazine rings is 1. The molecule has 1 aliphatic heterocycles. The third-order valence-electron chi connectivity index (χ3n) is 4.92. The molecule has 1 saturated heterocycles. The van der Waals surface area contributed by atoms with Gasteiger partial charge in [0.2, 0.25) is 0 Å². The molecule has 164 valence electrons. The molecule has 7 nitrogen and oxygen atoms in total. The molecule has 1 fully saturated rings. The average Bonchev–Trinajstić information content (AvgIpc) is 3.18. The molecule has 1 aromatic carbocycles. The molecule has 0 saturated carbocycles. The molecule has 0 aliphatic carbocycles. The quantitative estimate of drug-likeness (QED) is 0.251. The number of nitrogens with one attached hydrogen (secondary N) is 1. The first-order chi connectivity index (χ1) is 14.1. The maximum absolute atomic E-state index is 6.37. The van der Waals surface area contributed by atoms with Crippen LogP contribution >= 0.6 is 35.6 Å². The van der Waals surface area contributed by atoms with E-state index in [1.54, 1.807) is 6.33 Å². The second-order valence-electron chi connectivity index (χ2n) is 7.24. The number of nitrogens with zero attached hydrogens (tertiary/aromatic N) is 6. The van der Waals surface area contributed by atoms with Crippen LogP contribution in [0.4, 0.5) is 5.69 Å². The third-order valence-corrected chi connectivity index (χ3v) is 5.24. The molecule has 0 unspecified atom stereocenters. The second kappa shape index (κ2) is 12.1. The number of aryl methyl sites for hydroxylation is 1. The smallest absolute Gasteiger partial charge is 0.194 e. The molecule has 1 aromatic heterocycles. The fourth-order valence-electron chi connectivity index (χ4n) is 3.37. The van der Waals surface area contributed by atoms with Gasteiger partial charge in [0.15, 0.2) is 5.96 Å². The highest BCUT2D eigenvalue weighted by Crippen LogP contribution is 2.26. The van der Waals surface area contributed by atoms with Gasteiger partial charge in [0.25, 0.3) is 0 Å².